The zero-order valence-electron chi connectivity index (χ0n) is 10.1. The number of nitrogens with zero attached hydrogens (tertiary/aromatic N) is 3. The summed E-state index contributed by atoms with van der Waals surface area (Å²) >= 11 is 0. The minimum atomic E-state index is -0.409. The fraction of sp³-hybridized carbons (Fsp3) is 0.600. The maximum Gasteiger partial charge on any atom is 0.305 e. The summed E-state index contributed by atoms with van der Waals surface area (Å²) in [4.78, 5) is 23.6. The molecule has 0 aliphatic carbocycles. The van der Waals surface area contributed by atoms with Crippen LogP contribution in [0.25, 0.3) is 0 Å². The van der Waals surface area contributed by atoms with E-state index in [2.05, 4.69) is 10.6 Å². The van der Waals surface area contributed by atoms with Gasteiger partial charge in [-0.25, -0.2) is 0 Å². The van der Waals surface area contributed by atoms with Gasteiger partial charge in [0.05, 0.1) is 37.5 Å². The second-order valence-corrected chi connectivity index (χ2v) is 3.98. The number of hydrogen-bond donors (Lipinski definition) is 1. The van der Waals surface area contributed by atoms with Crippen molar-refractivity contribution >= 4 is 17.6 Å². The lowest BCUT2D eigenvalue weighted by atomic mass is 10.3. The Labute approximate surface area is 103 Å². The van der Waals surface area contributed by atoms with E-state index in [0.717, 1.165) is 0 Å². The summed E-state index contributed by atoms with van der Waals surface area (Å²) in [7, 11) is 0. The molecular formula is C10H15N4O4+. The van der Waals surface area contributed by atoms with Gasteiger partial charge >= 0.3 is 5.88 Å². The van der Waals surface area contributed by atoms with Crippen LogP contribution in [-0.4, -0.2) is 43.3 Å². The Balaban J connectivity index is 1.93. The molecule has 1 amide bonds. The van der Waals surface area contributed by atoms with Crippen molar-refractivity contribution in [3.8, 4) is 0 Å². The molecule has 0 atom stereocenters. The standard InChI is InChI=1S/C10H14N4O4/c1-8(15)6-9(16)11-10-7-14(12-18-10)13-2-4-17-5-3-13/h7H,2-6H2,1H3/p+1. The summed E-state index contributed by atoms with van der Waals surface area (Å²) in [5.41, 5.74) is 0. The van der Waals surface area contributed by atoms with Gasteiger partial charge in [0.15, 0.2) is 0 Å². The maximum absolute atomic E-state index is 11.3. The first-order valence-electron chi connectivity index (χ1n) is 5.66. The third-order valence-corrected chi connectivity index (χ3v) is 2.40. The van der Waals surface area contributed by atoms with Gasteiger partial charge in [-0.15, -0.1) is 5.01 Å². The first-order valence-corrected chi connectivity index (χ1v) is 5.66. The van der Waals surface area contributed by atoms with Gasteiger partial charge in [0.2, 0.25) is 11.2 Å². The molecule has 0 radical (unpaired) electrons. The van der Waals surface area contributed by atoms with E-state index in [1.165, 1.54) is 11.7 Å². The highest BCUT2D eigenvalue weighted by Crippen LogP contribution is 2.02. The first-order chi connectivity index (χ1) is 8.65. The molecule has 18 heavy (non-hydrogen) atoms. The highest BCUT2D eigenvalue weighted by atomic mass is 16.5. The summed E-state index contributed by atoms with van der Waals surface area (Å²) < 4.78 is 10.2. The van der Waals surface area contributed by atoms with Crippen LogP contribution in [0.2, 0.25) is 0 Å². The quantitative estimate of drug-likeness (QED) is 0.540. The summed E-state index contributed by atoms with van der Waals surface area (Å²) in [6.07, 6.45) is 1.39. The van der Waals surface area contributed by atoms with Crippen molar-refractivity contribution in [3.05, 3.63) is 6.20 Å². The Bertz CT molecular complexity index is 439. The summed E-state index contributed by atoms with van der Waals surface area (Å²) in [5, 5.41) is 8.17. The van der Waals surface area contributed by atoms with Gasteiger partial charge in [-0.3, -0.25) is 19.4 Å². The Morgan fingerprint density at radius 2 is 2.22 bits per heavy atom. The Kier molecular flexibility index (Phi) is 3.88. The summed E-state index contributed by atoms with van der Waals surface area (Å²) in [6, 6.07) is 0. The van der Waals surface area contributed by atoms with Gasteiger partial charge in [0.1, 0.15) is 5.78 Å². The van der Waals surface area contributed by atoms with E-state index >= 15 is 0 Å². The average molecular weight is 255 g/mol. The van der Waals surface area contributed by atoms with Crippen LogP contribution in [0.5, 0.6) is 0 Å². The van der Waals surface area contributed by atoms with Crippen molar-refractivity contribution in [3.63, 3.8) is 0 Å². The third-order valence-electron chi connectivity index (χ3n) is 2.40. The van der Waals surface area contributed by atoms with E-state index in [0.29, 0.717) is 26.3 Å². The van der Waals surface area contributed by atoms with Crippen molar-refractivity contribution in [1.29, 1.82) is 0 Å². The van der Waals surface area contributed by atoms with Gasteiger partial charge in [0.25, 0.3) is 6.20 Å². The van der Waals surface area contributed by atoms with Crippen molar-refractivity contribution in [1.82, 2.24) is 5.27 Å². The molecule has 1 aromatic heterocycles. The van der Waals surface area contributed by atoms with Crippen LogP contribution in [0.1, 0.15) is 13.3 Å². The minimum absolute atomic E-state index is 0.168. The number of ketones is 1. The van der Waals surface area contributed by atoms with E-state index < -0.39 is 5.91 Å². The molecule has 98 valence electrons. The maximum atomic E-state index is 11.3. The summed E-state index contributed by atoms with van der Waals surface area (Å²) in [6.45, 7) is 4.03. The number of anilines is 1. The van der Waals surface area contributed by atoms with Crippen LogP contribution in [0.15, 0.2) is 10.7 Å². The number of morpholine rings is 1. The molecule has 8 heteroatoms. The molecule has 1 N–H and O–H groups in total. The molecule has 1 fully saturated rings. The fourth-order valence-electron chi connectivity index (χ4n) is 1.59. The second kappa shape index (κ2) is 5.58. The smallest absolute Gasteiger partial charge is 0.305 e. The van der Waals surface area contributed by atoms with E-state index in [9.17, 15) is 9.59 Å². The number of carbonyl (C=O) groups is 2. The predicted molar refractivity (Wildman–Crippen MR) is 59.4 cm³/mol. The van der Waals surface area contributed by atoms with Gasteiger partial charge in [-0.1, -0.05) is 0 Å². The number of Topliss-reactive ketones (excluding diaryl/α,β-unsaturated/α-hetero) is 1. The molecule has 2 heterocycles. The highest BCUT2D eigenvalue weighted by Gasteiger charge is 2.23. The van der Waals surface area contributed by atoms with E-state index in [1.54, 1.807) is 6.20 Å². The van der Waals surface area contributed by atoms with Crippen LogP contribution < -0.4 is 15.1 Å². The van der Waals surface area contributed by atoms with Crippen molar-refractivity contribution in [2.75, 3.05) is 36.6 Å². The average Bonchev–Trinajstić information content (AvgIpc) is 2.77. The molecule has 1 aliphatic rings. The molecule has 1 aliphatic heterocycles. The molecule has 0 aromatic carbocycles. The number of amides is 1. The second-order valence-electron chi connectivity index (χ2n) is 3.98. The lowest BCUT2D eigenvalue weighted by Gasteiger charge is -2.18. The van der Waals surface area contributed by atoms with Crippen LogP contribution in [-0.2, 0) is 14.3 Å². The molecule has 2 rings (SSSR count). The SMILES string of the molecule is CC(=O)CC(=O)Nc1c[n+](N2CCOCC2)no1. The van der Waals surface area contributed by atoms with Crippen LogP contribution >= 0.6 is 0 Å². The van der Waals surface area contributed by atoms with Crippen LogP contribution in [0, 0.1) is 0 Å². The van der Waals surface area contributed by atoms with E-state index in [-0.39, 0.29) is 18.1 Å². The van der Waals surface area contributed by atoms with Gasteiger partial charge in [-0.05, 0) is 6.92 Å². The van der Waals surface area contributed by atoms with Gasteiger partial charge in [-0.2, -0.15) is 0 Å². The summed E-state index contributed by atoms with van der Waals surface area (Å²) in [5.74, 6) is -0.395. The van der Waals surface area contributed by atoms with E-state index in [4.69, 9.17) is 9.26 Å². The first kappa shape index (κ1) is 12.5. The normalized spacial score (nSPS) is 15.5. The zero-order chi connectivity index (χ0) is 13.0. The molecule has 8 nitrogen and oxygen atoms in total. The molecule has 0 saturated carbocycles. The number of hydrogen-bond acceptors (Lipinski definition) is 6. The topological polar surface area (TPSA) is 88.6 Å². The number of rotatable bonds is 4. The Morgan fingerprint density at radius 1 is 1.50 bits per heavy atom. The third kappa shape index (κ3) is 3.27. The monoisotopic (exact) mass is 255 g/mol. The number of aromatic nitrogens is 2. The Morgan fingerprint density at radius 3 is 2.89 bits per heavy atom. The van der Waals surface area contributed by atoms with Crippen molar-refractivity contribution < 1.29 is 23.6 Å². The lowest BCUT2D eigenvalue weighted by molar-refractivity contribution is -0.759. The minimum Gasteiger partial charge on any atom is -0.377 e. The number of ether oxygens (including phenoxy) is 1. The number of carbonyl (C=O) groups excluding carboxylic acids is 2. The van der Waals surface area contributed by atoms with Crippen LogP contribution in [0.4, 0.5) is 5.88 Å². The molecule has 0 unspecified atom stereocenters. The zero-order valence-corrected chi connectivity index (χ0v) is 10.1. The molecule has 0 bridgehead atoms. The lowest BCUT2D eigenvalue weighted by Crippen LogP contribution is -2.62. The predicted octanol–water partition coefficient (Wildman–Crippen LogP) is -1.15. The van der Waals surface area contributed by atoms with Crippen molar-refractivity contribution in [2.24, 2.45) is 0 Å². The highest BCUT2D eigenvalue weighted by molar-refractivity contribution is 6.02. The van der Waals surface area contributed by atoms with Gasteiger partial charge < -0.3 is 4.74 Å². The largest absolute Gasteiger partial charge is 0.377 e. The van der Waals surface area contributed by atoms with Gasteiger partial charge in [0, 0.05) is 0 Å². The molecule has 0 spiro atoms. The molecular weight excluding hydrogens is 240 g/mol. The van der Waals surface area contributed by atoms with Crippen LogP contribution in [0.3, 0.4) is 0 Å². The van der Waals surface area contributed by atoms with E-state index in [1.807, 2.05) is 5.01 Å². The number of nitrogens with one attached hydrogen (secondary N) is 1. The fourth-order valence-corrected chi connectivity index (χ4v) is 1.59. The van der Waals surface area contributed by atoms with Crippen molar-refractivity contribution in [2.45, 2.75) is 13.3 Å². The molecule has 1 aromatic rings. The molecule has 1 saturated heterocycles. The Hall–Kier alpha value is -1.96.